The van der Waals surface area contributed by atoms with Gasteiger partial charge in [0.25, 0.3) is 0 Å². The van der Waals surface area contributed by atoms with Gasteiger partial charge in [-0.1, -0.05) is 30.3 Å². The second kappa shape index (κ2) is 6.46. The van der Waals surface area contributed by atoms with Gasteiger partial charge in [0, 0.05) is 6.07 Å². The molecule has 0 radical (unpaired) electrons. The maximum absolute atomic E-state index is 8.83. The topological polar surface area (TPSA) is 59.0 Å². The van der Waals surface area contributed by atoms with Crippen LogP contribution in [0.15, 0.2) is 48.5 Å². The number of rotatable bonds is 5. The van der Waals surface area contributed by atoms with Gasteiger partial charge in [-0.2, -0.15) is 5.26 Å². The van der Waals surface area contributed by atoms with E-state index in [1.165, 1.54) is 5.56 Å². The van der Waals surface area contributed by atoms with Crippen LogP contribution in [0, 0.1) is 11.3 Å². The fourth-order valence-corrected chi connectivity index (χ4v) is 1.83. The lowest BCUT2D eigenvalue weighted by Crippen LogP contribution is -2.02. The molecule has 0 spiro atoms. The molecule has 0 aliphatic heterocycles. The number of aryl methyl sites for hydroxylation is 1. The molecule has 0 saturated heterocycles. The maximum atomic E-state index is 8.83. The lowest BCUT2D eigenvalue weighted by molar-refractivity contribution is 0.312. The predicted molar refractivity (Wildman–Crippen MR) is 75.8 cm³/mol. The Morgan fingerprint density at radius 2 is 1.89 bits per heavy atom. The standard InChI is InChI=1S/C16H16N2O/c17-12-14-8-9-15(18)16(11-14)19-10-4-7-13-5-2-1-3-6-13/h1-3,5-6,8-9,11H,4,7,10,18H2. The van der Waals surface area contributed by atoms with E-state index in [0.717, 1.165) is 12.8 Å². The van der Waals surface area contributed by atoms with Gasteiger partial charge in [0.1, 0.15) is 5.75 Å². The van der Waals surface area contributed by atoms with Crippen LogP contribution in [0.2, 0.25) is 0 Å². The summed E-state index contributed by atoms with van der Waals surface area (Å²) in [6.07, 6.45) is 1.89. The molecule has 0 aliphatic rings. The fraction of sp³-hybridized carbons (Fsp3) is 0.188. The molecule has 0 heterocycles. The van der Waals surface area contributed by atoms with Crippen molar-refractivity contribution in [3.8, 4) is 11.8 Å². The number of anilines is 1. The molecule has 2 aromatic rings. The highest BCUT2D eigenvalue weighted by Gasteiger charge is 2.02. The highest BCUT2D eigenvalue weighted by atomic mass is 16.5. The first-order chi connectivity index (χ1) is 9.29. The number of nitrogens with zero attached hydrogens (tertiary/aromatic N) is 1. The Hall–Kier alpha value is -2.47. The molecule has 0 unspecified atom stereocenters. The minimum Gasteiger partial charge on any atom is -0.491 e. The Kier molecular flexibility index (Phi) is 4.41. The zero-order chi connectivity index (χ0) is 13.5. The number of ether oxygens (including phenoxy) is 1. The highest BCUT2D eigenvalue weighted by Crippen LogP contribution is 2.22. The second-order valence-corrected chi connectivity index (χ2v) is 4.30. The van der Waals surface area contributed by atoms with Crippen molar-refractivity contribution in [2.24, 2.45) is 0 Å². The second-order valence-electron chi connectivity index (χ2n) is 4.30. The molecule has 3 nitrogen and oxygen atoms in total. The van der Waals surface area contributed by atoms with Gasteiger partial charge >= 0.3 is 0 Å². The molecule has 0 atom stereocenters. The van der Waals surface area contributed by atoms with Gasteiger partial charge in [-0.05, 0) is 30.5 Å². The number of hydrogen-bond acceptors (Lipinski definition) is 3. The van der Waals surface area contributed by atoms with Gasteiger partial charge in [-0.25, -0.2) is 0 Å². The van der Waals surface area contributed by atoms with Crippen molar-refractivity contribution in [2.45, 2.75) is 12.8 Å². The molecule has 96 valence electrons. The molecule has 0 fully saturated rings. The molecule has 0 aromatic heterocycles. The van der Waals surface area contributed by atoms with Crippen LogP contribution in [0.25, 0.3) is 0 Å². The van der Waals surface area contributed by atoms with Crippen LogP contribution in [-0.4, -0.2) is 6.61 Å². The first kappa shape index (κ1) is 13.0. The summed E-state index contributed by atoms with van der Waals surface area (Å²) < 4.78 is 5.62. The number of benzene rings is 2. The van der Waals surface area contributed by atoms with Crippen LogP contribution in [0.1, 0.15) is 17.5 Å². The van der Waals surface area contributed by atoms with Crippen molar-refractivity contribution in [1.82, 2.24) is 0 Å². The van der Waals surface area contributed by atoms with E-state index in [2.05, 4.69) is 18.2 Å². The molecule has 0 aliphatic carbocycles. The van der Waals surface area contributed by atoms with E-state index in [-0.39, 0.29) is 0 Å². The third kappa shape index (κ3) is 3.75. The van der Waals surface area contributed by atoms with E-state index in [9.17, 15) is 0 Å². The van der Waals surface area contributed by atoms with Gasteiger partial charge < -0.3 is 10.5 Å². The molecule has 2 aromatic carbocycles. The molecule has 19 heavy (non-hydrogen) atoms. The monoisotopic (exact) mass is 252 g/mol. The maximum Gasteiger partial charge on any atom is 0.143 e. The van der Waals surface area contributed by atoms with Crippen LogP contribution >= 0.6 is 0 Å². The first-order valence-electron chi connectivity index (χ1n) is 6.26. The first-order valence-corrected chi connectivity index (χ1v) is 6.26. The SMILES string of the molecule is N#Cc1ccc(N)c(OCCCc2ccccc2)c1. The van der Waals surface area contributed by atoms with Crippen molar-refractivity contribution in [2.75, 3.05) is 12.3 Å². The van der Waals surface area contributed by atoms with Gasteiger partial charge in [0.2, 0.25) is 0 Å². The molecular weight excluding hydrogens is 236 g/mol. The summed E-state index contributed by atoms with van der Waals surface area (Å²) in [5.41, 5.74) is 8.23. The highest BCUT2D eigenvalue weighted by molar-refractivity contribution is 5.55. The van der Waals surface area contributed by atoms with E-state index in [0.29, 0.717) is 23.6 Å². The lowest BCUT2D eigenvalue weighted by Gasteiger charge is -2.09. The summed E-state index contributed by atoms with van der Waals surface area (Å²) in [5, 5.41) is 8.83. The predicted octanol–water partition coefficient (Wildman–Crippen LogP) is 3.15. The average Bonchev–Trinajstić information content (AvgIpc) is 2.46. The lowest BCUT2D eigenvalue weighted by atomic mass is 10.1. The van der Waals surface area contributed by atoms with Crippen molar-refractivity contribution in [3.05, 3.63) is 59.7 Å². The van der Waals surface area contributed by atoms with E-state index >= 15 is 0 Å². The quantitative estimate of drug-likeness (QED) is 0.657. The third-order valence-corrected chi connectivity index (χ3v) is 2.85. The summed E-state index contributed by atoms with van der Waals surface area (Å²) >= 11 is 0. The van der Waals surface area contributed by atoms with Crippen molar-refractivity contribution in [1.29, 1.82) is 5.26 Å². The molecule has 0 amide bonds. The summed E-state index contributed by atoms with van der Waals surface area (Å²) in [6.45, 7) is 0.591. The third-order valence-electron chi connectivity index (χ3n) is 2.85. The average molecular weight is 252 g/mol. The van der Waals surface area contributed by atoms with Gasteiger partial charge in [-0.15, -0.1) is 0 Å². The molecule has 3 heteroatoms. The van der Waals surface area contributed by atoms with Crippen LogP contribution in [0.5, 0.6) is 5.75 Å². The molecular formula is C16H16N2O. The summed E-state index contributed by atoms with van der Waals surface area (Å²) in [6, 6.07) is 17.4. The minimum absolute atomic E-state index is 0.562. The Morgan fingerprint density at radius 3 is 2.63 bits per heavy atom. The van der Waals surface area contributed by atoms with E-state index < -0.39 is 0 Å². The Balaban J connectivity index is 1.85. The number of hydrogen-bond donors (Lipinski definition) is 1. The summed E-state index contributed by atoms with van der Waals surface area (Å²) in [4.78, 5) is 0. The molecule has 0 bridgehead atoms. The van der Waals surface area contributed by atoms with Crippen LogP contribution < -0.4 is 10.5 Å². The minimum atomic E-state index is 0.562. The Bertz CT molecular complexity index is 573. The van der Waals surface area contributed by atoms with E-state index in [1.807, 2.05) is 18.2 Å². The van der Waals surface area contributed by atoms with Gasteiger partial charge in [-0.3, -0.25) is 0 Å². The zero-order valence-corrected chi connectivity index (χ0v) is 10.7. The molecule has 0 saturated carbocycles. The Morgan fingerprint density at radius 1 is 1.11 bits per heavy atom. The Labute approximate surface area is 113 Å². The molecule has 2 N–H and O–H groups in total. The molecule has 2 rings (SSSR count). The fourth-order valence-electron chi connectivity index (χ4n) is 1.83. The van der Waals surface area contributed by atoms with Crippen LogP contribution in [0.3, 0.4) is 0 Å². The number of nitrogen functional groups attached to an aromatic ring is 1. The largest absolute Gasteiger partial charge is 0.491 e. The smallest absolute Gasteiger partial charge is 0.143 e. The normalized spacial score (nSPS) is 9.84. The summed E-state index contributed by atoms with van der Waals surface area (Å²) in [7, 11) is 0. The van der Waals surface area contributed by atoms with Crippen molar-refractivity contribution in [3.63, 3.8) is 0 Å². The number of nitriles is 1. The van der Waals surface area contributed by atoms with Gasteiger partial charge in [0.05, 0.1) is 23.9 Å². The zero-order valence-electron chi connectivity index (χ0n) is 10.7. The summed E-state index contributed by atoms with van der Waals surface area (Å²) in [5.74, 6) is 0.590. The van der Waals surface area contributed by atoms with Crippen molar-refractivity contribution >= 4 is 5.69 Å². The number of nitrogens with two attached hydrogens (primary N) is 1. The van der Waals surface area contributed by atoms with Crippen LogP contribution in [-0.2, 0) is 6.42 Å². The van der Waals surface area contributed by atoms with Crippen molar-refractivity contribution < 1.29 is 4.74 Å². The van der Waals surface area contributed by atoms with E-state index in [1.54, 1.807) is 18.2 Å². The van der Waals surface area contributed by atoms with Gasteiger partial charge in [0.15, 0.2) is 0 Å². The van der Waals surface area contributed by atoms with Crippen LogP contribution in [0.4, 0.5) is 5.69 Å². The van der Waals surface area contributed by atoms with E-state index in [4.69, 9.17) is 15.7 Å².